The van der Waals surface area contributed by atoms with Gasteiger partial charge in [-0.3, -0.25) is 4.79 Å². The van der Waals surface area contributed by atoms with Crippen molar-refractivity contribution in [2.75, 3.05) is 20.8 Å². The highest BCUT2D eigenvalue weighted by molar-refractivity contribution is 7.10. The smallest absolute Gasteiger partial charge is 0.223 e. The average molecular weight is 412 g/mol. The summed E-state index contributed by atoms with van der Waals surface area (Å²) in [6.45, 7) is 0.769. The number of methoxy groups -OCH3 is 2. The van der Waals surface area contributed by atoms with Crippen molar-refractivity contribution in [1.82, 2.24) is 4.90 Å². The molecule has 1 amide bonds. The van der Waals surface area contributed by atoms with Crippen LogP contribution in [0.4, 0.5) is 0 Å². The van der Waals surface area contributed by atoms with E-state index in [1.165, 1.54) is 41.7 Å². The third kappa shape index (κ3) is 3.33. The number of nitrogens with zero attached hydrogens (tertiary/aromatic N) is 1. The topological polar surface area (TPSA) is 38.8 Å². The molecule has 5 heteroatoms. The molecule has 0 N–H and O–H groups in total. The van der Waals surface area contributed by atoms with Gasteiger partial charge >= 0.3 is 0 Å². The molecular weight excluding hydrogens is 382 g/mol. The molecule has 1 aromatic carbocycles. The van der Waals surface area contributed by atoms with Crippen molar-refractivity contribution in [2.45, 2.75) is 44.6 Å². The molecular formula is C24H29NO3S. The molecule has 29 heavy (non-hydrogen) atoms. The van der Waals surface area contributed by atoms with Crippen molar-refractivity contribution in [3.05, 3.63) is 45.6 Å². The third-order valence-electron chi connectivity index (χ3n) is 7.33. The first-order chi connectivity index (χ1) is 14.2. The van der Waals surface area contributed by atoms with Crippen LogP contribution in [0.2, 0.25) is 0 Å². The summed E-state index contributed by atoms with van der Waals surface area (Å²) in [4.78, 5) is 16.9. The van der Waals surface area contributed by atoms with Gasteiger partial charge in [-0.2, -0.15) is 0 Å². The molecule has 2 bridgehead atoms. The first-order valence-electron chi connectivity index (χ1n) is 10.8. The van der Waals surface area contributed by atoms with Crippen molar-refractivity contribution >= 4 is 17.2 Å². The molecule has 154 valence electrons. The van der Waals surface area contributed by atoms with Gasteiger partial charge in [-0.15, -0.1) is 11.3 Å². The predicted molar refractivity (Wildman–Crippen MR) is 115 cm³/mol. The number of thiophene rings is 1. The summed E-state index contributed by atoms with van der Waals surface area (Å²) in [6.07, 6.45) is 6.90. The lowest BCUT2D eigenvalue weighted by Crippen LogP contribution is -2.41. The van der Waals surface area contributed by atoms with Crippen LogP contribution in [0.15, 0.2) is 29.6 Å². The Balaban J connectivity index is 1.47. The number of carbonyl (C=O) groups excluding carboxylic acids is 1. The van der Waals surface area contributed by atoms with Crippen LogP contribution in [0.5, 0.6) is 11.5 Å². The van der Waals surface area contributed by atoms with Crippen LogP contribution in [0, 0.1) is 17.8 Å². The van der Waals surface area contributed by atoms with Crippen LogP contribution >= 0.6 is 11.3 Å². The number of hydrogen-bond donors (Lipinski definition) is 0. The number of fused-ring (bicyclic) bond motifs is 3. The zero-order valence-corrected chi connectivity index (χ0v) is 18.0. The zero-order chi connectivity index (χ0) is 20.0. The van der Waals surface area contributed by atoms with E-state index in [0.29, 0.717) is 18.2 Å². The van der Waals surface area contributed by atoms with E-state index in [-0.39, 0.29) is 6.04 Å². The number of rotatable bonds is 5. The largest absolute Gasteiger partial charge is 0.493 e. The van der Waals surface area contributed by atoms with E-state index in [2.05, 4.69) is 34.5 Å². The monoisotopic (exact) mass is 411 g/mol. The fourth-order valence-electron chi connectivity index (χ4n) is 5.94. The minimum Gasteiger partial charge on any atom is -0.493 e. The highest BCUT2D eigenvalue weighted by atomic mass is 32.1. The van der Waals surface area contributed by atoms with E-state index in [1.807, 2.05) is 0 Å². The minimum atomic E-state index is -0.0235. The molecule has 0 spiro atoms. The quantitative estimate of drug-likeness (QED) is 0.690. The highest BCUT2D eigenvalue weighted by Crippen LogP contribution is 2.50. The van der Waals surface area contributed by atoms with Gasteiger partial charge in [0.25, 0.3) is 0 Å². The Morgan fingerprint density at radius 3 is 2.66 bits per heavy atom. The number of amides is 1. The van der Waals surface area contributed by atoms with Crippen LogP contribution in [-0.4, -0.2) is 31.6 Å². The van der Waals surface area contributed by atoms with Crippen molar-refractivity contribution in [1.29, 1.82) is 0 Å². The van der Waals surface area contributed by atoms with Crippen molar-refractivity contribution < 1.29 is 14.3 Å². The van der Waals surface area contributed by atoms with Crippen molar-refractivity contribution in [3.63, 3.8) is 0 Å². The SMILES string of the molecule is COc1cc2c(cc1OC)C(c1cccs1)N(C(=O)CC1CC3CCC1C3)CC2. The Kier molecular flexibility index (Phi) is 5.02. The van der Waals surface area contributed by atoms with Crippen molar-refractivity contribution in [2.24, 2.45) is 17.8 Å². The molecule has 1 aliphatic heterocycles. The molecule has 5 rings (SSSR count). The third-order valence-corrected chi connectivity index (χ3v) is 8.25. The molecule has 3 aliphatic rings. The van der Waals surface area contributed by atoms with Crippen LogP contribution < -0.4 is 9.47 Å². The first-order valence-corrected chi connectivity index (χ1v) is 11.6. The molecule has 0 radical (unpaired) electrons. The highest BCUT2D eigenvalue weighted by Gasteiger charge is 2.42. The Labute approximate surface area is 176 Å². The maximum absolute atomic E-state index is 13.5. The van der Waals surface area contributed by atoms with E-state index in [9.17, 15) is 4.79 Å². The van der Waals surface area contributed by atoms with Crippen molar-refractivity contribution in [3.8, 4) is 11.5 Å². The van der Waals surface area contributed by atoms with Gasteiger partial charge in [-0.1, -0.05) is 12.5 Å². The summed E-state index contributed by atoms with van der Waals surface area (Å²) in [6, 6.07) is 8.37. The fourth-order valence-corrected chi connectivity index (χ4v) is 6.79. The van der Waals surface area contributed by atoms with Crippen LogP contribution in [0.3, 0.4) is 0 Å². The second-order valence-electron chi connectivity index (χ2n) is 8.80. The van der Waals surface area contributed by atoms with Crippen LogP contribution in [0.1, 0.15) is 54.1 Å². The van der Waals surface area contributed by atoms with Crippen LogP contribution in [0.25, 0.3) is 0 Å². The van der Waals surface area contributed by atoms with E-state index < -0.39 is 0 Å². The molecule has 2 heterocycles. The van der Waals surface area contributed by atoms with Gasteiger partial charge in [0.2, 0.25) is 5.91 Å². The summed E-state index contributed by atoms with van der Waals surface area (Å²) in [5.41, 5.74) is 2.43. The van der Waals surface area contributed by atoms with Gasteiger partial charge in [0, 0.05) is 17.8 Å². The Morgan fingerprint density at radius 1 is 1.17 bits per heavy atom. The lowest BCUT2D eigenvalue weighted by molar-refractivity contribution is -0.134. The maximum atomic E-state index is 13.5. The van der Waals surface area contributed by atoms with Gasteiger partial charge in [0.15, 0.2) is 11.5 Å². The molecule has 2 fully saturated rings. The molecule has 4 atom stereocenters. The lowest BCUT2D eigenvalue weighted by Gasteiger charge is -2.38. The average Bonchev–Trinajstić information content (AvgIpc) is 3.50. The molecule has 0 saturated heterocycles. The zero-order valence-electron chi connectivity index (χ0n) is 17.2. The van der Waals surface area contributed by atoms with Gasteiger partial charge in [0.05, 0.1) is 20.3 Å². The van der Waals surface area contributed by atoms with Crippen LogP contribution in [-0.2, 0) is 11.2 Å². The summed E-state index contributed by atoms with van der Waals surface area (Å²) < 4.78 is 11.1. The second kappa shape index (κ2) is 7.67. The number of hydrogen-bond acceptors (Lipinski definition) is 4. The van der Waals surface area contributed by atoms with E-state index in [1.54, 1.807) is 25.6 Å². The molecule has 4 unspecified atom stereocenters. The van der Waals surface area contributed by atoms with E-state index in [0.717, 1.165) is 36.3 Å². The molecule has 2 saturated carbocycles. The summed E-state index contributed by atoms with van der Waals surface area (Å²) in [5.74, 6) is 4.07. The normalized spacial score (nSPS) is 27.7. The second-order valence-corrected chi connectivity index (χ2v) is 9.78. The Hall–Kier alpha value is -2.01. The standard InChI is InChI=1S/C24H29NO3S/c1-27-20-12-17-7-8-25(23(26)13-18-11-15-5-6-16(18)10-15)24(22-4-3-9-29-22)19(17)14-21(20)28-2/h3-4,9,12,14-16,18,24H,5-8,10-11,13H2,1-2H3. The Bertz CT molecular complexity index is 894. The Morgan fingerprint density at radius 2 is 2.00 bits per heavy atom. The minimum absolute atomic E-state index is 0.0235. The first kappa shape index (κ1) is 19.0. The van der Waals surface area contributed by atoms with E-state index >= 15 is 0 Å². The lowest BCUT2D eigenvalue weighted by atomic mass is 9.85. The van der Waals surface area contributed by atoms with Gasteiger partial charge in [-0.05, 0) is 78.1 Å². The fraction of sp³-hybridized carbons (Fsp3) is 0.542. The number of ether oxygens (including phenoxy) is 2. The maximum Gasteiger partial charge on any atom is 0.223 e. The molecule has 2 aromatic rings. The molecule has 1 aromatic heterocycles. The number of benzene rings is 1. The molecule has 2 aliphatic carbocycles. The predicted octanol–water partition coefficient (Wildman–Crippen LogP) is 5.07. The summed E-state index contributed by atoms with van der Waals surface area (Å²) in [5, 5.41) is 2.10. The van der Waals surface area contributed by atoms with Gasteiger partial charge in [0.1, 0.15) is 0 Å². The summed E-state index contributed by atoms with van der Waals surface area (Å²) >= 11 is 1.73. The number of carbonyl (C=O) groups is 1. The van der Waals surface area contributed by atoms with E-state index in [4.69, 9.17) is 9.47 Å². The molecule has 4 nitrogen and oxygen atoms in total. The van der Waals surface area contributed by atoms with Gasteiger partial charge < -0.3 is 14.4 Å². The summed E-state index contributed by atoms with van der Waals surface area (Å²) in [7, 11) is 3.35. The van der Waals surface area contributed by atoms with Gasteiger partial charge in [-0.25, -0.2) is 0 Å².